The Balaban J connectivity index is 1.52. The summed E-state index contributed by atoms with van der Waals surface area (Å²) < 4.78 is 14.2. The molecular formula is C26H26N4O4. The molecule has 1 aliphatic carbocycles. The van der Waals surface area contributed by atoms with Crippen LogP contribution in [-0.4, -0.2) is 38.2 Å². The van der Waals surface area contributed by atoms with E-state index in [1.54, 1.807) is 44.6 Å². The number of fused-ring (bicyclic) bond motifs is 1. The number of carbonyl (C=O) groups excluding carboxylic acids is 1. The minimum atomic E-state index is -0.475. The third-order valence-corrected chi connectivity index (χ3v) is 6.23. The monoisotopic (exact) mass is 458 g/mol. The van der Waals surface area contributed by atoms with E-state index in [1.165, 1.54) is 22.0 Å². The Kier molecular flexibility index (Phi) is 5.88. The predicted molar refractivity (Wildman–Crippen MR) is 129 cm³/mol. The summed E-state index contributed by atoms with van der Waals surface area (Å²) >= 11 is 0. The number of hydrogen-bond donors (Lipinski definition) is 0. The molecule has 2 aromatic carbocycles. The summed E-state index contributed by atoms with van der Waals surface area (Å²) in [5.74, 6) is 1.33. The molecule has 174 valence electrons. The molecule has 1 fully saturated rings. The van der Waals surface area contributed by atoms with Crippen LogP contribution in [0, 0.1) is 0 Å². The summed E-state index contributed by atoms with van der Waals surface area (Å²) in [5, 5.41) is 0. The Labute approximate surface area is 196 Å². The van der Waals surface area contributed by atoms with Crippen molar-refractivity contribution in [3.63, 3.8) is 0 Å². The number of aromatic nitrogens is 4. The molecule has 2 aromatic heterocycles. The van der Waals surface area contributed by atoms with Crippen molar-refractivity contribution in [3.05, 3.63) is 65.3 Å². The van der Waals surface area contributed by atoms with E-state index in [4.69, 9.17) is 9.47 Å². The molecule has 34 heavy (non-hydrogen) atoms. The molecule has 4 aromatic rings. The number of nitrogens with zero attached hydrogens (tertiary/aromatic N) is 4. The first-order chi connectivity index (χ1) is 16.6. The normalized spacial score (nSPS) is 13.9. The van der Waals surface area contributed by atoms with E-state index < -0.39 is 5.69 Å². The van der Waals surface area contributed by atoms with Gasteiger partial charge in [0.2, 0.25) is 11.9 Å². The third-order valence-electron chi connectivity index (χ3n) is 6.23. The fourth-order valence-corrected chi connectivity index (χ4v) is 4.46. The molecular weight excluding hydrogens is 432 g/mol. The molecule has 1 aliphatic rings. The van der Waals surface area contributed by atoms with Crippen LogP contribution in [0.1, 0.15) is 43.8 Å². The van der Waals surface area contributed by atoms with Gasteiger partial charge in [0.25, 0.3) is 0 Å². The second-order valence-corrected chi connectivity index (χ2v) is 8.35. The Morgan fingerprint density at radius 1 is 1.00 bits per heavy atom. The summed E-state index contributed by atoms with van der Waals surface area (Å²) in [4.78, 5) is 34.5. The second-order valence-electron chi connectivity index (χ2n) is 8.35. The average molecular weight is 459 g/mol. The van der Waals surface area contributed by atoms with E-state index in [1.807, 2.05) is 24.3 Å². The number of benzene rings is 2. The van der Waals surface area contributed by atoms with Crippen molar-refractivity contribution in [1.29, 1.82) is 0 Å². The maximum Gasteiger partial charge on any atom is 0.343 e. The molecule has 8 heteroatoms. The van der Waals surface area contributed by atoms with Crippen LogP contribution >= 0.6 is 0 Å². The van der Waals surface area contributed by atoms with Crippen molar-refractivity contribution in [3.8, 4) is 28.6 Å². The smallest absolute Gasteiger partial charge is 0.343 e. The van der Waals surface area contributed by atoms with Gasteiger partial charge in [-0.25, -0.2) is 23.9 Å². The van der Waals surface area contributed by atoms with Gasteiger partial charge in [-0.1, -0.05) is 25.1 Å². The highest BCUT2D eigenvalue weighted by molar-refractivity contribution is 5.90. The topological polar surface area (TPSA) is 88.2 Å². The number of methoxy groups -OCH3 is 1. The number of ether oxygens (including phenoxy) is 2. The van der Waals surface area contributed by atoms with Gasteiger partial charge in [0, 0.05) is 24.4 Å². The molecule has 0 saturated heterocycles. The predicted octanol–water partition coefficient (Wildman–Crippen LogP) is 4.63. The SMILES string of the molecule is CCC(=O)n1c(=O)n(-c2ncc(-c3ccc(OC)c(OC4CCCC4)c3)cn2)c2ccccc21. The highest BCUT2D eigenvalue weighted by Gasteiger charge is 2.21. The standard InChI is InChI=1S/C26H26N4O4/c1-3-24(31)29-20-10-6-7-11-21(20)30(26(29)32)25-27-15-18(16-28-25)17-12-13-22(33-2)23(14-17)34-19-8-4-5-9-19/h6-7,10-16,19H,3-5,8-9H2,1-2H3. The average Bonchev–Trinajstić information content (AvgIpc) is 3.49. The van der Waals surface area contributed by atoms with E-state index in [2.05, 4.69) is 9.97 Å². The van der Waals surface area contributed by atoms with Crippen molar-refractivity contribution in [1.82, 2.24) is 19.1 Å². The van der Waals surface area contributed by atoms with Crippen LogP contribution in [0.3, 0.4) is 0 Å². The molecule has 0 radical (unpaired) electrons. The van der Waals surface area contributed by atoms with Crippen LogP contribution in [0.25, 0.3) is 28.1 Å². The van der Waals surface area contributed by atoms with Gasteiger partial charge in [-0.05, 0) is 55.5 Å². The summed E-state index contributed by atoms with van der Waals surface area (Å²) in [7, 11) is 1.63. The number of carbonyl (C=O) groups is 1. The number of para-hydroxylation sites is 2. The Morgan fingerprint density at radius 2 is 1.71 bits per heavy atom. The Bertz CT molecular complexity index is 1400. The molecule has 0 N–H and O–H groups in total. The quantitative estimate of drug-likeness (QED) is 0.419. The Morgan fingerprint density at radius 3 is 2.38 bits per heavy atom. The van der Waals surface area contributed by atoms with E-state index in [0.717, 1.165) is 24.0 Å². The zero-order valence-corrected chi connectivity index (χ0v) is 19.2. The van der Waals surface area contributed by atoms with Gasteiger partial charge in [0.15, 0.2) is 11.5 Å². The first-order valence-electron chi connectivity index (χ1n) is 11.5. The zero-order chi connectivity index (χ0) is 23.7. The van der Waals surface area contributed by atoms with Gasteiger partial charge < -0.3 is 9.47 Å². The molecule has 5 rings (SSSR count). The lowest BCUT2D eigenvalue weighted by Crippen LogP contribution is -2.28. The molecule has 1 saturated carbocycles. The molecule has 0 atom stereocenters. The second kappa shape index (κ2) is 9.13. The van der Waals surface area contributed by atoms with Crippen molar-refractivity contribution in [2.45, 2.75) is 45.1 Å². The van der Waals surface area contributed by atoms with Crippen LogP contribution in [-0.2, 0) is 0 Å². The lowest BCUT2D eigenvalue weighted by atomic mass is 10.1. The van der Waals surface area contributed by atoms with Crippen LogP contribution < -0.4 is 15.2 Å². The van der Waals surface area contributed by atoms with Crippen LogP contribution in [0.15, 0.2) is 59.7 Å². The zero-order valence-electron chi connectivity index (χ0n) is 19.2. The molecule has 0 spiro atoms. The summed E-state index contributed by atoms with van der Waals surface area (Å²) in [5.41, 5.74) is 2.31. The molecule has 0 unspecified atom stereocenters. The molecule has 0 aliphatic heterocycles. The van der Waals surface area contributed by atoms with Crippen LogP contribution in [0.2, 0.25) is 0 Å². The fourth-order valence-electron chi connectivity index (χ4n) is 4.46. The number of imidazole rings is 1. The molecule has 0 bridgehead atoms. The maximum absolute atomic E-state index is 13.1. The van der Waals surface area contributed by atoms with Crippen molar-refractivity contribution in [2.75, 3.05) is 7.11 Å². The highest BCUT2D eigenvalue weighted by atomic mass is 16.5. The largest absolute Gasteiger partial charge is 0.493 e. The molecule has 8 nitrogen and oxygen atoms in total. The van der Waals surface area contributed by atoms with Crippen molar-refractivity contribution < 1.29 is 14.3 Å². The number of rotatable bonds is 6. The lowest BCUT2D eigenvalue weighted by Gasteiger charge is -2.17. The van der Waals surface area contributed by atoms with Gasteiger partial charge in [0.05, 0.1) is 24.2 Å². The van der Waals surface area contributed by atoms with E-state index >= 15 is 0 Å². The first kappa shape index (κ1) is 21.9. The number of hydrogen-bond acceptors (Lipinski definition) is 6. The highest BCUT2D eigenvalue weighted by Crippen LogP contribution is 2.35. The van der Waals surface area contributed by atoms with Gasteiger partial charge in [0.1, 0.15) is 0 Å². The van der Waals surface area contributed by atoms with Crippen molar-refractivity contribution >= 4 is 16.9 Å². The fraction of sp³-hybridized carbons (Fsp3) is 0.308. The minimum absolute atomic E-state index is 0.206. The lowest BCUT2D eigenvalue weighted by molar-refractivity contribution is 0.0909. The van der Waals surface area contributed by atoms with Gasteiger partial charge in [-0.15, -0.1) is 0 Å². The minimum Gasteiger partial charge on any atom is -0.493 e. The van der Waals surface area contributed by atoms with Gasteiger partial charge in [-0.2, -0.15) is 0 Å². The van der Waals surface area contributed by atoms with Gasteiger partial charge >= 0.3 is 5.69 Å². The third kappa shape index (κ3) is 3.85. The van der Waals surface area contributed by atoms with E-state index in [9.17, 15) is 9.59 Å². The van der Waals surface area contributed by atoms with E-state index in [-0.39, 0.29) is 24.4 Å². The maximum atomic E-state index is 13.1. The van der Waals surface area contributed by atoms with Crippen LogP contribution in [0.5, 0.6) is 11.5 Å². The first-order valence-corrected chi connectivity index (χ1v) is 11.5. The molecule has 0 amide bonds. The van der Waals surface area contributed by atoms with Gasteiger partial charge in [-0.3, -0.25) is 4.79 Å². The summed E-state index contributed by atoms with van der Waals surface area (Å²) in [6.07, 6.45) is 8.23. The molecule has 2 heterocycles. The summed E-state index contributed by atoms with van der Waals surface area (Å²) in [6, 6.07) is 12.9. The Hall–Kier alpha value is -3.94. The van der Waals surface area contributed by atoms with Crippen LogP contribution in [0.4, 0.5) is 0 Å². The van der Waals surface area contributed by atoms with Crippen molar-refractivity contribution in [2.24, 2.45) is 0 Å². The summed E-state index contributed by atoms with van der Waals surface area (Å²) in [6.45, 7) is 1.73. The van der Waals surface area contributed by atoms with E-state index in [0.29, 0.717) is 22.5 Å².